The molecule has 1 fully saturated rings. The summed E-state index contributed by atoms with van der Waals surface area (Å²) in [5.74, 6) is -0.437. The van der Waals surface area contributed by atoms with Crippen LogP contribution >= 0.6 is 23.8 Å². The van der Waals surface area contributed by atoms with Crippen molar-refractivity contribution in [2.75, 3.05) is 25.0 Å². The van der Waals surface area contributed by atoms with E-state index in [1.54, 1.807) is 11.0 Å². The molecule has 0 aliphatic carbocycles. The van der Waals surface area contributed by atoms with Gasteiger partial charge in [-0.2, -0.15) is 0 Å². The lowest BCUT2D eigenvalue weighted by atomic mass is 10.1. The molecule has 1 aliphatic rings. The van der Waals surface area contributed by atoms with Crippen molar-refractivity contribution in [2.24, 2.45) is 0 Å². The summed E-state index contributed by atoms with van der Waals surface area (Å²) in [6.07, 6.45) is 2.55. The summed E-state index contributed by atoms with van der Waals surface area (Å²) < 4.78 is 13.2. The Hall–Kier alpha value is -1.69. The molecule has 0 amide bonds. The Morgan fingerprint density at radius 2 is 1.88 bits per heavy atom. The molecule has 2 aromatic carbocycles. The van der Waals surface area contributed by atoms with Crippen molar-refractivity contribution in [3.05, 3.63) is 64.9 Å². The van der Waals surface area contributed by atoms with Gasteiger partial charge in [0.1, 0.15) is 11.9 Å². The first-order valence-corrected chi connectivity index (χ1v) is 9.31. The van der Waals surface area contributed by atoms with E-state index < -0.39 is 5.82 Å². The first kappa shape index (κ1) is 18.1. The predicted octanol–water partition coefficient (Wildman–Crippen LogP) is 3.19. The molecule has 1 saturated heterocycles. The topological polar surface area (TPSA) is 28.5 Å². The minimum Gasteiger partial charge on any atom is -0.356 e. The number of benzene rings is 2. The van der Waals surface area contributed by atoms with Gasteiger partial charge in [0.25, 0.3) is 0 Å². The van der Waals surface area contributed by atoms with E-state index in [1.165, 1.54) is 43.6 Å². The summed E-state index contributed by atoms with van der Waals surface area (Å²) in [6.45, 7) is 3.13. The van der Waals surface area contributed by atoms with Crippen LogP contribution in [-0.2, 0) is 0 Å². The highest BCUT2D eigenvalue weighted by Crippen LogP contribution is 2.19. The molecule has 0 saturated carbocycles. The Morgan fingerprint density at radius 3 is 2.56 bits per heavy atom. The molecule has 1 atom stereocenters. The molecular formula is C19H22ClFN3S+. The molecular weight excluding hydrogens is 357 g/mol. The number of hydrogen-bond acceptors (Lipinski definition) is 1. The Kier molecular flexibility index (Phi) is 6.24. The van der Waals surface area contributed by atoms with Crippen LogP contribution in [-0.4, -0.2) is 24.7 Å². The molecule has 1 aliphatic heterocycles. The second-order valence-electron chi connectivity index (χ2n) is 6.29. The monoisotopic (exact) mass is 378 g/mol. The SMILES string of the molecule is Fc1ccc(NC(=S)NC[C@@H](c2ccccc2)[NH+]2CCCC2)cc1Cl. The lowest BCUT2D eigenvalue weighted by molar-refractivity contribution is -0.918. The van der Waals surface area contributed by atoms with Crippen LogP contribution in [0.4, 0.5) is 10.1 Å². The number of anilines is 1. The van der Waals surface area contributed by atoms with Gasteiger partial charge in [-0.05, 0) is 30.4 Å². The summed E-state index contributed by atoms with van der Waals surface area (Å²) in [7, 11) is 0. The highest BCUT2D eigenvalue weighted by molar-refractivity contribution is 7.80. The number of nitrogens with one attached hydrogen (secondary N) is 3. The van der Waals surface area contributed by atoms with Gasteiger partial charge in [0.05, 0.1) is 24.7 Å². The molecule has 3 rings (SSSR count). The van der Waals surface area contributed by atoms with Crippen LogP contribution in [0.2, 0.25) is 5.02 Å². The van der Waals surface area contributed by atoms with Gasteiger partial charge in [-0.3, -0.25) is 0 Å². The molecule has 1 heterocycles. The number of quaternary nitrogens is 1. The van der Waals surface area contributed by atoms with Gasteiger partial charge in [-0.25, -0.2) is 4.39 Å². The molecule has 0 aromatic heterocycles. The van der Waals surface area contributed by atoms with Crippen LogP contribution < -0.4 is 15.5 Å². The second kappa shape index (κ2) is 8.61. The predicted molar refractivity (Wildman–Crippen MR) is 105 cm³/mol. The summed E-state index contributed by atoms with van der Waals surface area (Å²) in [5, 5.41) is 6.97. The minimum atomic E-state index is -0.437. The van der Waals surface area contributed by atoms with Gasteiger partial charge in [-0.1, -0.05) is 41.9 Å². The molecule has 25 heavy (non-hydrogen) atoms. The number of hydrogen-bond donors (Lipinski definition) is 3. The number of halogens is 2. The second-order valence-corrected chi connectivity index (χ2v) is 7.11. The lowest BCUT2D eigenvalue weighted by Gasteiger charge is -2.26. The van der Waals surface area contributed by atoms with Gasteiger partial charge >= 0.3 is 0 Å². The first-order valence-electron chi connectivity index (χ1n) is 8.53. The summed E-state index contributed by atoms with van der Waals surface area (Å²) in [5.41, 5.74) is 1.99. The van der Waals surface area contributed by atoms with E-state index in [-0.39, 0.29) is 5.02 Å². The molecule has 132 valence electrons. The fraction of sp³-hybridized carbons (Fsp3) is 0.316. The average Bonchev–Trinajstić information content (AvgIpc) is 3.14. The highest BCUT2D eigenvalue weighted by atomic mass is 35.5. The summed E-state index contributed by atoms with van der Waals surface area (Å²) in [6, 6.07) is 15.4. The van der Waals surface area contributed by atoms with Crippen molar-refractivity contribution in [1.82, 2.24) is 5.32 Å². The third-order valence-electron chi connectivity index (χ3n) is 4.58. The van der Waals surface area contributed by atoms with Crippen molar-refractivity contribution in [3.8, 4) is 0 Å². The van der Waals surface area contributed by atoms with Gasteiger partial charge in [0.2, 0.25) is 0 Å². The Balaban J connectivity index is 1.62. The number of thiocarbonyl (C=S) groups is 1. The van der Waals surface area contributed by atoms with E-state index in [1.807, 2.05) is 6.07 Å². The lowest BCUT2D eigenvalue weighted by Crippen LogP contribution is -3.11. The van der Waals surface area contributed by atoms with E-state index in [4.69, 9.17) is 23.8 Å². The molecule has 2 aromatic rings. The van der Waals surface area contributed by atoms with Crippen molar-refractivity contribution < 1.29 is 9.29 Å². The van der Waals surface area contributed by atoms with E-state index in [2.05, 4.69) is 34.9 Å². The summed E-state index contributed by atoms with van der Waals surface area (Å²) in [4.78, 5) is 1.59. The molecule has 6 heteroatoms. The smallest absolute Gasteiger partial charge is 0.171 e. The van der Waals surface area contributed by atoms with Crippen molar-refractivity contribution in [1.29, 1.82) is 0 Å². The van der Waals surface area contributed by atoms with Gasteiger partial charge < -0.3 is 15.5 Å². The Bertz CT molecular complexity index is 720. The molecule has 0 bridgehead atoms. The van der Waals surface area contributed by atoms with Crippen LogP contribution in [0.1, 0.15) is 24.4 Å². The summed E-state index contributed by atoms with van der Waals surface area (Å²) >= 11 is 11.2. The third-order valence-corrected chi connectivity index (χ3v) is 5.12. The third kappa shape index (κ3) is 4.91. The van der Waals surface area contributed by atoms with E-state index >= 15 is 0 Å². The maximum Gasteiger partial charge on any atom is 0.171 e. The van der Waals surface area contributed by atoms with Crippen LogP contribution in [0.5, 0.6) is 0 Å². The zero-order valence-electron chi connectivity index (χ0n) is 13.9. The first-order chi connectivity index (χ1) is 12.1. The standard InChI is InChI=1S/C19H21ClFN3S/c20-16-12-15(8-9-17(16)21)23-19(25)22-13-18(24-10-4-5-11-24)14-6-2-1-3-7-14/h1-3,6-9,12,18H,4-5,10-11,13H2,(H2,22,23,25)/p+1/t18-/m0/s1. The van der Waals surface area contributed by atoms with E-state index in [9.17, 15) is 4.39 Å². The van der Waals surface area contributed by atoms with E-state index in [0.29, 0.717) is 16.8 Å². The highest BCUT2D eigenvalue weighted by Gasteiger charge is 2.27. The molecule has 0 spiro atoms. The van der Waals surface area contributed by atoms with Gasteiger partial charge in [-0.15, -0.1) is 0 Å². The normalized spacial score (nSPS) is 15.8. The van der Waals surface area contributed by atoms with Gasteiger partial charge in [0.15, 0.2) is 5.11 Å². The Morgan fingerprint density at radius 1 is 1.16 bits per heavy atom. The minimum absolute atomic E-state index is 0.0801. The maximum atomic E-state index is 13.2. The van der Waals surface area contributed by atoms with Crippen molar-refractivity contribution in [3.63, 3.8) is 0 Å². The molecule has 0 radical (unpaired) electrons. The van der Waals surface area contributed by atoms with Crippen molar-refractivity contribution in [2.45, 2.75) is 18.9 Å². The molecule has 0 unspecified atom stereocenters. The van der Waals surface area contributed by atoms with Crippen LogP contribution in [0, 0.1) is 5.82 Å². The number of likely N-dealkylation sites (tertiary alicyclic amines) is 1. The van der Waals surface area contributed by atoms with Crippen LogP contribution in [0.3, 0.4) is 0 Å². The molecule has 3 nitrogen and oxygen atoms in total. The zero-order valence-corrected chi connectivity index (χ0v) is 15.5. The fourth-order valence-corrected chi connectivity index (χ4v) is 3.69. The van der Waals surface area contributed by atoms with E-state index in [0.717, 1.165) is 6.54 Å². The fourth-order valence-electron chi connectivity index (χ4n) is 3.30. The van der Waals surface area contributed by atoms with Crippen LogP contribution in [0.15, 0.2) is 48.5 Å². The average molecular weight is 379 g/mol. The molecule has 3 N–H and O–H groups in total. The largest absolute Gasteiger partial charge is 0.356 e. The number of rotatable bonds is 5. The van der Waals surface area contributed by atoms with Gasteiger partial charge in [0, 0.05) is 24.1 Å². The van der Waals surface area contributed by atoms with Crippen LogP contribution in [0.25, 0.3) is 0 Å². The Labute approximate surface area is 158 Å². The maximum absolute atomic E-state index is 13.2. The zero-order chi connectivity index (χ0) is 17.6. The quantitative estimate of drug-likeness (QED) is 0.698. The van der Waals surface area contributed by atoms with Crippen molar-refractivity contribution >= 4 is 34.6 Å².